The average molecular weight is 393 g/mol. The second-order valence-electron chi connectivity index (χ2n) is 6.56. The fourth-order valence-electron chi connectivity index (χ4n) is 3.30. The van der Waals surface area contributed by atoms with Crippen LogP contribution >= 0.6 is 11.6 Å². The molecule has 4 rings (SSSR count). The Morgan fingerprint density at radius 2 is 1.57 bits per heavy atom. The minimum Gasteiger partial charge on any atom is -0.494 e. The molecule has 0 spiro atoms. The van der Waals surface area contributed by atoms with Gasteiger partial charge in [-0.2, -0.15) is 0 Å². The van der Waals surface area contributed by atoms with Gasteiger partial charge >= 0.3 is 0 Å². The van der Waals surface area contributed by atoms with E-state index in [0.717, 1.165) is 35.3 Å². The Balaban J connectivity index is 1.51. The summed E-state index contributed by atoms with van der Waals surface area (Å²) < 4.78 is 9.87. The number of fused-ring (bicyclic) bond motifs is 1. The largest absolute Gasteiger partial charge is 0.494 e. The fraction of sp³-hybridized carbons (Fsp3) is 0.182. The molecule has 0 amide bonds. The lowest BCUT2D eigenvalue weighted by Gasteiger charge is -2.08. The Morgan fingerprint density at radius 1 is 0.893 bits per heavy atom. The van der Waals surface area contributed by atoms with Crippen molar-refractivity contribution in [2.75, 3.05) is 6.61 Å². The van der Waals surface area contributed by atoms with E-state index < -0.39 is 0 Å². The van der Waals surface area contributed by atoms with E-state index in [2.05, 4.69) is 17.1 Å². The maximum atomic E-state index is 8.70. The van der Waals surface area contributed by atoms with E-state index in [0.29, 0.717) is 23.8 Å². The first-order valence-electron chi connectivity index (χ1n) is 9.22. The molecule has 0 bridgehead atoms. The van der Waals surface area contributed by atoms with Gasteiger partial charge in [-0.25, -0.2) is 0 Å². The predicted octanol–water partition coefficient (Wildman–Crippen LogP) is 4.49. The molecule has 0 atom stereocenters. The van der Waals surface area contributed by atoms with Crippen LogP contribution < -0.4 is 10.4 Å². The van der Waals surface area contributed by atoms with Crippen molar-refractivity contribution in [2.24, 2.45) is 0 Å². The van der Waals surface area contributed by atoms with E-state index in [1.807, 2.05) is 57.7 Å². The predicted molar refractivity (Wildman–Crippen MR) is 111 cm³/mol. The van der Waals surface area contributed by atoms with Crippen molar-refractivity contribution >= 4 is 22.6 Å². The molecule has 2 aromatic heterocycles. The van der Waals surface area contributed by atoms with Crippen molar-refractivity contribution in [3.8, 4) is 5.75 Å². The number of pyridine rings is 1. The van der Waals surface area contributed by atoms with Gasteiger partial charge in [-0.05, 0) is 60.5 Å². The first-order chi connectivity index (χ1) is 13.7. The zero-order valence-corrected chi connectivity index (χ0v) is 16.1. The molecule has 5 nitrogen and oxygen atoms in total. The molecule has 0 saturated carbocycles. The Bertz CT molecular complexity index is 1120. The van der Waals surface area contributed by atoms with Gasteiger partial charge in [0.15, 0.2) is 0 Å². The van der Waals surface area contributed by atoms with Crippen LogP contribution in [0.1, 0.15) is 12.0 Å². The monoisotopic (exact) mass is 392 g/mol. The number of hydrogen-bond donors (Lipinski definition) is 1. The Kier molecular flexibility index (Phi) is 5.44. The van der Waals surface area contributed by atoms with Crippen molar-refractivity contribution in [1.29, 1.82) is 5.41 Å². The number of hydrogen-bond acceptors (Lipinski definition) is 3. The van der Waals surface area contributed by atoms with Gasteiger partial charge in [0.25, 0.3) is 0 Å². The summed E-state index contributed by atoms with van der Waals surface area (Å²) in [5, 5.41) is 9.40. The normalized spacial score (nSPS) is 11.0. The molecule has 0 aliphatic rings. The number of imidazole rings is 1. The number of halogens is 1. The standard InChI is InChI=1S/C22H21ClN4O/c23-18-6-8-19(9-7-18)28-15-3-14-26-20-4-1-2-5-21(20)27(22(26)24)16-17-10-12-25-13-11-17/h1-2,4-13,24H,3,14-16H2. The maximum absolute atomic E-state index is 8.70. The van der Waals surface area contributed by atoms with Crippen LogP contribution in [0.3, 0.4) is 0 Å². The van der Waals surface area contributed by atoms with Crippen LogP contribution in [0.25, 0.3) is 11.0 Å². The molecule has 2 heterocycles. The van der Waals surface area contributed by atoms with Gasteiger partial charge in [0.2, 0.25) is 5.62 Å². The highest BCUT2D eigenvalue weighted by molar-refractivity contribution is 6.30. The minimum atomic E-state index is 0.490. The summed E-state index contributed by atoms with van der Waals surface area (Å²) in [6, 6.07) is 19.5. The van der Waals surface area contributed by atoms with Crippen LogP contribution in [0.15, 0.2) is 73.1 Å². The topological polar surface area (TPSA) is 55.8 Å². The van der Waals surface area contributed by atoms with Gasteiger partial charge in [0.1, 0.15) is 5.75 Å². The highest BCUT2D eigenvalue weighted by atomic mass is 35.5. The van der Waals surface area contributed by atoms with Gasteiger partial charge in [0, 0.05) is 24.0 Å². The SMILES string of the molecule is N=c1n(CCCOc2ccc(Cl)cc2)c2ccccc2n1Cc1ccncc1. The van der Waals surface area contributed by atoms with Crippen molar-refractivity contribution in [1.82, 2.24) is 14.1 Å². The molecule has 0 aliphatic heterocycles. The van der Waals surface area contributed by atoms with Crippen molar-refractivity contribution < 1.29 is 4.74 Å². The zero-order chi connectivity index (χ0) is 19.3. The lowest BCUT2D eigenvalue weighted by molar-refractivity contribution is 0.301. The number of rotatable bonds is 7. The van der Waals surface area contributed by atoms with Crippen molar-refractivity contribution in [2.45, 2.75) is 19.5 Å². The molecule has 0 radical (unpaired) electrons. The first-order valence-corrected chi connectivity index (χ1v) is 9.60. The number of nitrogens with zero attached hydrogens (tertiary/aromatic N) is 3. The van der Waals surface area contributed by atoms with Crippen LogP contribution in [0, 0.1) is 5.41 Å². The lowest BCUT2D eigenvalue weighted by Crippen LogP contribution is -2.25. The third-order valence-corrected chi connectivity index (χ3v) is 4.93. The Morgan fingerprint density at radius 3 is 2.29 bits per heavy atom. The zero-order valence-electron chi connectivity index (χ0n) is 15.4. The van der Waals surface area contributed by atoms with E-state index in [-0.39, 0.29) is 0 Å². The van der Waals surface area contributed by atoms with Crippen LogP contribution in [0.5, 0.6) is 5.75 Å². The van der Waals surface area contributed by atoms with Gasteiger partial charge < -0.3 is 13.9 Å². The van der Waals surface area contributed by atoms with Crippen molar-refractivity contribution in [3.05, 3.63) is 89.3 Å². The minimum absolute atomic E-state index is 0.490. The number of para-hydroxylation sites is 2. The smallest absolute Gasteiger partial charge is 0.203 e. The van der Waals surface area contributed by atoms with Crippen molar-refractivity contribution in [3.63, 3.8) is 0 Å². The van der Waals surface area contributed by atoms with Gasteiger partial charge in [-0.3, -0.25) is 10.4 Å². The van der Waals surface area contributed by atoms with Crippen LogP contribution in [0.2, 0.25) is 5.02 Å². The molecule has 4 aromatic rings. The van der Waals surface area contributed by atoms with Gasteiger partial charge in [-0.1, -0.05) is 23.7 Å². The molecule has 0 unspecified atom stereocenters. The molecule has 0 fully saturated rings. The van der Waals surface area contributed by atoms with Crippen LogP contribution in [-0.2, 0) is 13.1 Å². The highest BCUT2D eigenvalue weighted by Gasteiger charge is 2.10. The summed E-state index contributed by atoms with van der Waals surface area (Å²) in [4.78, 5) is 4.07. The summed E-state index contributed by atoms with van der Waals surface area (Å²) in [5.74, 6) is 0.806. The van der Waals surface area contributed by atoms with Crippen LogP contribution in [0.4, 0.5) is 0 Å². The summed E-state index contributed by atoms with van der Waals surface area (Å²) in [6.07, 6.45) is 4.38. The molecule has 0 aliphatic carbocycles. The second kappa shape index (κ2) is 8.31. The molecular weight excluding hydrogens is 372 g/mol. The third kappa shape index (κ3) is 3.94. The average Bonchev–Trinajstić information content (AvgIpc) is 2.99. The third-order valence-electron chi connectivity index (χ3n) is 4.67. The molecule has 1 N–H and O–H groups in total. The summed E-state index contributed by atoms with van der Waals surface area (Å²) in [6.45, 7) is 1.95. The molecule has 2 aromatic carbocycles. The number of aryl methyl sites for hydroxylation is 1. The summed E-state index contributed by atoms with van der Waals surface area (Å²) in [5.41, 5.74) is 3.74. The van der Waals surface area contributed by atoms with E-state index in [9.17, 15) is 0 Å². The number of aromatic nitrogens is 3. The maximum Gasteiger partial charge on any atom is 0.203 e. The second-order valence-corrected chi connectivity index (χ2v) is 7.00. The number of benzene rings is 2. The summed E-state index contributed by atoms with van der Waals surface area (Å²) in [7, 11) is 0. The van der Waals surface area contributed by atoms with Gasteiger partial charge in [0.05, 0.1) is 24.2 Å². The fourth-order valence-corrected chi connectivity index (χ4v) is 3.42. The Hall–Kier alpha value is -3.05. The van der Waals surface area contributed by atoms with Gasteiger partial charge in [-0.15, -0.1) is 0 Å². The van der Waals surface area contributed by atoms with E-state index in [4.69, 9.17) is 21.7 Å². The molecule has 28 heavy (non-hydrogen) atoms. The first kappa shape index (κ1) is 18.3. The van der Waals surface area contributed by atoms with E-state index in [1.165, 1.54) is 0 Å². The molecule has 142 valence electrons. The molecule has 6 heteroatoms. The quantitative estimate of drug-likeness (QED) is 0.471. The molecular formula is C22H21ClN4O. The highest BCUT2D eigenvalue weighted by Crippen LogP contribution is 2.17. The van der Waals surface area contributed by atoms with Crippen LogP contribution in [-0.4, -0.2) is 20.7 Å². The Labute approximate surface area is 168 Å². The van der Waals surface area contributed by atoms with E-state index >= 15 is 0 Å². The number of nitrogens with one attached hydrogen (secondary N) is 1. The van der Waals surface area contributed by atoms with E-state index in [1.54, 1.807) is 12.4 Å². The number of ether oxygens (including phenoxy) is 1. The summed E-state index contributed by atoms with van der Waals surface area (Å²) >= 11 is 5.90. The molecule has 0 saturated heterocycles. The lowest BCUT2D eigenvalue weighted by atomic mass is 10.2.